The van der Waals surface area contributed by atoms with E-state index in [1.54, 1.807) is 24.3 Å². The predicted molar refractivity (Wildman–Crippen MR) is 88.5 cm³/mol. The first kappa shape index (κ1) is 15.6. The van der Waals surface area contributed by atoms with Crippen molar-refractivity contribution in [2.24, 2.45) is 0 Å². The van der Waals surface area contributed by atoms with E-state index in [0.29, 0.717) is 6.54 Å². The fourth-order valence-corrected chi connectivity index (χ4v) is 3.33. The first-order valence-corrected chi connectivity index (χ1v) is 8.80. The maximum absolute atomic E-state index is 12.2. The van der Waals surface area contributed by atoms with Crippen LogP contribution in [-0.4, -0.2) is 15.0 Å². The van der Waals surface area contributed by atoms with E-state index in [-0.39, 0.29) is 11.5 Å². The Morgan fingerprint density at radius 3 is 2.43 bits per heavy atom. The highest BCUT2D eigenvalue weighted by atomic mass is 32.2. The third-order valence-electron chi connectivity index (χ3n) is 3.67. The molecule has 2 aromatic carbocycles. The van der Waals surface area contributed by atoms with Crippen molar-refractivity contribution in [3.63, 3.8) is 0 Å². The standard InChI is InChI=1S/C18H18NO3S/c1-15-8-10-17(11-9-15)23(20,21)22-14-13-19-12-4-6-16-5-2-3-7-18(16)19/h2-12H,13-14H2,1H3/q+1. The van der Waals surface area contributed by atoms with Crippen molar-refractivity contribution in [2.45, 2.75) is 18.4 Å². The Hall–Kier alpha value is -2.24. The van der Waals surface area contributed by atoms with E-state index < -0.39 is 10.1 Å². The van der Waals surface area contributed by atoms with E-state index in [2.05, 4.69) is 0 Å². The number of nitrogens with zero attached hydrogens (tertiary/aromatic N) is 1. The average molecular weight is 328 g/mol. The highest BCUT2D eigenvalue weighted by Gasteiger charge is 2.16. The molecule has 4 nitrogen and oxygen atoms in total. The SMILES string of the molecule is Cc1ccc(S(=O)(=O)OCC[n+]2cccc3ccccc32)cc1. The Balaban J connectivity index is 1.72. The third kappa shape index (κ3) is 3.57. The van der Waals surface area contributed by atoms with Gasteiger partial charge in [-0.15, -0.1) is 0 Å². The second-order valence-corrected chi connectivity index (χ2v) is 6.96. The van der Waals surface area contributed by atoms with Crippen LogP contribution in [0.1, 0.15) is 5.56 Å². The zero-order valence-corrected chi connectivity index (χ0v) is 13.7. The van der Waals surface area contributed by atoms with Crippen LogP contribution in [0.5, 0.6) is 0 Å². The number of hydrogen-bond acceptors (Lipinski definition) is 3. The maximum Gasteiger partial charge on any atom is 0.297 e. The molecule has 0 fully saturated rings. The van der Waals surface area contributed by atoms with E-state index >= 15 is 0 Å². The van der Waals surface area contributed by atoms with Crippen molar-refractivity contribution in [3.8, 4) is 0 Å². The number of benzene rings is 2. The quantitative estimate of drug-likeness (QED) is 0.534. The zero-order valence-electron chi connectivity index (χ0n) is 12.8. The van der Waals surface area contributed by atoms with Crippen LogP contribution in [0.4, 0.5) is 0 Å². The molecule has 0 aliphatic rings. The first-order valence-electron chi connectivity index (χ1n) is 7.39. The summed E-state index contributed by atoms with van der Waals surface area (Å²) in [5.41, 5.74) is 2.06. The molecule has 23 heavy (non-hydrogen) atoms. The summed E-state index contributed by atoms with van der Waals surface area (Å²) in [4.78, 5) is 0.186. The Morgan fingerprint density at radius 2 is 1.65 bits per heavy atom. The molecule has 0 spiro atoms. The van der Waals surface area contributed by atoms with Crippen molar-refractivity contribution in [2.75, 3.05) is 6.61 Å². The summed E-state index contributed by atoms with van der Waals surface area (Å²) in [6, 6.07) is 18.6. The van der Waals surface area contributed by atoms with Crippen molar-refractivity contribution in [1.82, 2.24) is 0 Å². The van der Waals surface area contributed by atoms with Crippen molar-refractivity contribution < 1.29 is 17.2 Å². The van der Waals surface area contributed by atoms with Crippen LogP contribution >= 0.6 is 0 Å². The second-order valence-electron chi connectivity index (χ2n) is 5.35. The van der Waals surface area contributed by atoms with Crippen LogP contribution in [-0.2, 0) is 20.8 Å². The minimum Gasteiger partial charge on any atom is -0.260 e. The van der Waals surface area contributed by atoms with Gasteiger partial charge in [0.2, 0.25) is 5.52 Å². The fourth-order valence-electron chi connectivity index (χ4n) is 2.43. The number of pyridine rings is 1. The minimum absolute atomic E-state index is 0.0921. The smallest absolute Gasteiger partial charge is 0.260 e. The Bertz CT molecular complexity index is 913. The van der Waals surface area contributed by atoms with Crippen LogP contribution < -0.4 is 4.57 Å². The molecule has 0 bridgehead atoms. The van der Waals surface area contributed by atoms with Gasteiger partial charge in [-0.2, -0.15) is 13.0 Å². The molecule has 3 rings (SSSR count). The lowest BCUT2D eigenvalue weighted by molar-refractivity contribution is -0.672. The molecule has 3 aromatic rings. The van der Waals surface area contributed by atoms with Gasteiger partial charge in [-0.3, -0.25) is 4.18 Å². The van der Waals surface area contributed by atoms with Gasteiger partial charge in [0, 0.05) is 17.5 Å². The number of rotatable bonds is 5. The highest BCUT2D eigenvalue weighted by Crippen LogP contribution is 2.13. The average Bonchev–Trinajstić information content (AvgIpc) is 2.55. The van der Waals surface area contributed by atoms with E-state index in [1.807, 2.05) is 54.1 Å². The van der Waals surface area contributed by atoms with Gasteiger partial charge in [-0.25, -0.2) is 0 Å². The van der Waals surface area contributed by atoms with Gasteiger partial charge in [0.25, 0.3) is 10.1 Å². The molecule has 1 aromatic heterocycles. The normalized spacial score (nSPS) is 11.7. The van der Waals surface area contributed by atoms with Crippen LogP contribution in [0, 0.1) is 6.92 Å². The lowest BCUT2D eigenvalue weighted by Crippen LogP contribution is -2.36. The number of fused-ring (bicyclic) bond motifs is 1. The number of aryl methyl sites for hydroxylation is 1. The zero-order chi connectivity index (χ0) is 16.3. The molecule has 5 heteroatoms. The van der Waals surface area contributed by atoms with E-state index in [4.69, 9.17) is 4.18 Å². The summed E-state index contributed by atoms with van der Waals surface area (Å²) in [7, 11) is -3.71. The van der Waals surface area contributed by atoms with Crippen molar-refractivity contribution >= 4 is 21.0 Å². The van der Waals surface area contributed by atoms with Crippen molar-refractivity contribution in [3.05, 3.63) is 72.4 Å². The molecular weight excluding hydrogens is 310 g/mol. The van der Waals surface area contributed by atoms with Crippen LogP contribution in [0.3, 0.4) is 0 Å². The molecule has 0 atom stereocenters. The molecule has 0 saturated carbocycles. The molecule has 0 aliphatic heterocycles. The van der Waals surface area contributed by atoms with Crippen LogP contribution in [0.2, 0.25) is 0 Å². The molecule has 0 radical (unpaired) electrons. The number of para-hydroxylation sites is 1. The summed E-state index contributed by atoms with van der Waals surface area (Å²) in [5.74, 6) is 0. The van der Waals surface area contributed by atoms with Gasteiger partial charge in [0.15, 0.2) is 12.7 Å². The predicted octanol–water partition coefficient (Wildman–Crippen LogP) is 2.84. The number of aromatic nitrogens is 1. The number of hydrogen-bond donors (Lipinski definition) is 0. The molecule has 0 unspecified atom stereocenters. The summed E-state index contributed by atoms with van der Waals surface area (Å²) < 4.78 is 31.5. The largest absolute Gasteiger partial charge is 0.297 e. The maximum atomic E-state index is 12.2. The molecule has 118 valence electrons. The lowest BCUT2D eigenvalue weighted by atomic mass is 10.2. The summed E-state index contributed by atoms with van der Waals surface area (Å²) >= 11 is 0. The molecule has 1 heterocycles. The van der Waals surface area contributed by atoms with E-state index in [1.165, 1.54) is 0 Å². The van der Waals surface area contributed by atoms with E-state index in [0.717, 1.165) is 16.5 Å². The summed E-state index contributed by atoms with van der Waals surface area (Å²) in [6.45, 7) is 2.47. The Morgan fingerprint density at radius 1 is 0.957 bits per heavy atom. The first-order chi connectivity index (χ1) is 11.1. The van der Waals surface area contributed by atoms with Crippen LogP contribution in [0.25, 0.3) is 10.9 Å². The molecule has 0 amide bonds. The van der Waals surface area contributed by atoms with Gasteiger partial charge in [0.1, 0.15) is 6.61 Å². The van der Waals surface area contributed by atoms with E-state index in [9.17, 15) is 8.42 Å². The third-order valence-corrected chi connectivity index (χ3v) is 4.99. The minimum atomic E-state index is -3.71. The summed E-state index contributed by atoms with van der Waals surface area (Å²) in [5, 5.41) is 1.11. The van der Waals surface area contributed by atoms with Gasteiger partial charge < -0.3 is 0 Å². The molecular formula is C18H18NO3S+. The van der Waals surface area contributed by atoms with Crippen molar-refractivity contribution in [1.29, 1.82) is 0 Å². The molecule has 0 aliphatic carbocycles. The molecule has 0 N–H and O–H groups in total. The Kier molecular flexibility index (Phi) is 4.41. The fraction of sp³-hybridized carbons (Fsp3) is 0.167. The van der Waals surface area contributed by atoms with Gasteiger partial charge in [0.05, 0.1) is 4.90 Å². The Labute approximate surface area is 136 Å². The summed E-state index contributed by atoms with van der Waals surface area (Å²) in [6.07, 6.45) is 1.92. The monoisotopic (exact) mass is 328 g/mol. The van der Waals surface area contributed by atoms with Gasteiger partial charge in [-0.05, 0) is 31.2 Å². The second kappa shape index (κ2) is 6.48. The topological polar surface area (TPSA) is 47.3 Å². The lowest BCUT2D eigenvalue weighted by Gasteiger charge is -2.05. The highest BCUT2D eigenvalue weighted by molar-refractivity contribution is 7.86. The molecule has 0 saturated heterocycles. The van der Waals surface area contributed by atoms with Gasteiger partial charge >= 0.3 is 0 Å². The van der Waals surface area contributed by atoms with Gasteiger partial charge in [-0.1, -0.05) is 29.8 Å². The van der Waals surface area contributed by atoms with Crippen LogP contribution in [0.15, 0.2) is 71.8 Å².